The van der Waals surface area contributed by atoms with Gasteiger partial charge in [0.25, 0.3) is 0 Å². The number of rotatable bonds is 4. The monoisotopic (exact) mass is 278 g/mol. The highest BCUT2D eigenvalue weighted by Crippen LogP contribution is 2.25. The summed E-state index contributed by atoms with van der Waals surface area (Å²) in [5.74, 6) is 0.0683. The van der Waals surface area contributed by atoms with Crippen LogP contribution in [0.3, 0.4) is 0 Å². The van der Waals surface area contributed by atoms with Gasteiger partial charge in [-0.2, -0.15) is 0 Å². The lowest BCUT2D eigenvalue weighted by Crippen LogP contribution is -2.09. The third kappa shape index (κ3) is 2.67. The van der Waals surface area contributed by atoms with Crippen molar-refractivity contribution in [2.24, 2.45) is 0 Å². The van der Waals surface area contributed by atoms with Gasteiger partial charge in [0.2, 0.25) is 5.78 Å². The molecule has 0 radical (unpaired) electrons. The number of carbonyl (C=O) groups excluding carboxylic acids is 1. The van der Waals surface area contributed by atoms with Gasteiger partial charge in [0.05, 0.1) is 23.4 Å². The molecule has 2 aromatic rings. The van der Waals surface area contributed by atoms with Gasteiger partial charge in [0, 0.05) is 6.20 Å². The summed E-state index contributed by atoms with van der Waals surface area (Å²) >= 11 is 5.76. The number of pyridine rings is 1. The third-order valence-electron chi connectivity index (χ3n) is 2.54. The SMILES string of the molecule is COc1ccccc1C(=O)c1ncc(Cl)cc1NO. The van der Waals surface area contributed by atoms with E-state index in [-0.39, 0.29) is 17.2 Å². The molecule has 0 saturated heterocycles. The molecule has 1 heterocycles. The fourth-order valence-electron chi connectivity index (χ4n) is 1.67. The van der Waals surface area contributed by atoms with E-state index in [2.05, 4.69) is 4.98 Å². The van der Waals surface area contributed by atoms with Crippen LogP contribution in [0.25, 0.3) is 0 Å². The second-order valence-corrected chi connectivity index (χ2v) is 4.13. The van der Waals surface area contributed by atoms with Crippen molar-refractivity contribution in [2.75, 3.05) is 12.6 Å². The molecule has 0 amide bonds. The van der Waals surface area contributed by atoms with Crippen LogP contribution in [-0.2, 0) is 0 Å². The molecule has 0 unspecified atom stereocenters. The summed E-state index contributed by atoms with van der Waals surface area (Å²) < 4.78 is 5.13. The molecule has 0 saturated carbocycles. The molecule has 98 valence electrons. The number of carbonyl (C=O) groups is 1. The lowest BCUT2D eigenvalue weighted by Gasteiger charge is -2.09. The number of nitrogens with one attached hydrogen (secondary N) is 1. The molecule has 1 aromatic carbocycles. The second kappa shape index (κ2) is 5.69. The third-order valence-corrected chi connectivity index (χ3v) is 2.75. The number of anilines is 1. The number of para-hydroxylation sites is 1. The molecule has 1 aromatic heterocycles. The van der Waals surface area contributed by atoms with E-state index < -0.39 is 0 Å². The Hall–Kier alpha value is -2.11. The van der Waals surface area contributed by atoms with Crippen molar-refractivity contribution in [1.82, 2.24) is 4.98 Å². The Morgan fingerprint density at radius 3 is 2.84 bits per heavy atom. The van der Waals surface area contributed by atoms with Crippen molar-refractivity contribution >= 4 is 23.1 Å². The van der Waals surface area contributed by atoms with Crippen LogP contribution in [0.5, 0.6) is 5.75 Å². The highest BCUT2D eigenvalue weighted by Gasteiger charge is 2.19. The minimum absolute atomic E-state index is 0.0661. The van der Waals surface area contributed by atoms with Gasteiger partial charge in [-0.3, -0.25) is 15.5 Å². The lowest BCUT2D eigenvalue weighted by atomic mass is 10.1. The van der Waals surface area contributed by atoms with Crippen LogP contribution >= 0.6 is 11.6 Å². The van der Waals surface area contributed by atoms with Crippen LogP contribution in [0.4, 0.5) is 5.69 Å². The van der Waals surface area contributed by atoms with Crippen LogP contribution in [0.2, 0.25) is 5.02 Å². The molecule has 0 spiro atoms. The van der Waals surface area contributed by atoms with E-state index in [9.17, 15) is 4.79 Å². The Bertz CT molecular complexity index is 617. The molecule has 0 fully saturated rings. The molecule has 0 aliphatic rings. The van der Waals surface area contributed by atoms with Crippen molar-refractivity contribution in [2.45, 2.75) is 0 Å². The zero-order chi connectivity index (χ0) is 13.8. The molecule has 0 aliphatic carbocycles. The second-order valence-electron chi connectivity index (χ2n) is 3.69. The predicted octanol–water partition coefficient (Wildman–Crippen LogP) is 2.78. The first-order valence-electron chi connectivity index (χ1n) is 5.40. The van der Waals surface area contributed by atoms with Gasteiger partial charge in [-0.25, -0.2) is 4.98 Å². The molecule has 0 aliphatic heterocycles. The number of halogens is 1. The number of ketones is 1. The topological polar surface area (TPSA) is 71.5 Å². The van der Waals surface area contributed by atoms with Crippen LogP contribution < -0.4 is 10.2 Å². The minimum atomic E-state index is -0.370. The van der Waals surface area contributed by atoms with Gasteiger partial charge in [-0.05, 0) is 18.2 Å². The Morgan fingerprint density at radius 1 is 1.42 bits per heavy atom. The molecule has 2 rings (SSSR count). The van der Waals surface area contributed by atoms with E-state index in [1.807, 2.05) is 5.48 Å². The summed E-state index contributed by atoms with van der Waals surface area (Å²) in [4.78, 5) is 16.3. The standard InChI is InChI=1S/C13H11ClN2O3/c1-19-11-5-3-2-4-9(11)13(17)12-10(16-18)6-8(14)7-15-12/h2-7,16,18H,1H3. The Kier molecular flexibility index (Phi) is 3.99. The van der Waals surface area contributed by atoms with E-state index in [0.717, 1.165) is 0 Å². The van der Waals surface area contributed by atoms with Gasteiger partial charge >= 0.3 is 0 Å². The number of benzene rings is 1. The molecular weight excluding hydrogens is 268 g/mol. The molecular formula is C13H11ClN2O3. The maximum absolute atomic E-state index is 12.4. The first-order valence-corrected chi connectivity index (χ1v) is 5.78. The van der Waals surface area contributed by atoms with Gasteiger partial charge < -0.3 is 4.74 Å². The zero-order valence-corrected chi connectivity index (χ0v) is 10.8. The number of aromatic nitrogens is 1. The van der Waals surface area contributed by atoms with Crippen molar-refractivity contribution in [3.8, 4) is 5.75 Å². The van der Waals surface area contributed by atoms with E-state index in [1.54, 1.807) is 24.3 Å². The maximum atomic E-state index is 12.4. The molecule has 0 bridgehead atoms. The number of methoxy groups -OCH3 is 1. The molecule has 2 N–H and O–H groups in total. The van der Waals surface area contributed by atoms with Gasteiger partial charge in [-0.15, -0.1) is 0 Å². The summed E-state index contributed by atoms with van der Waals surface area (Å²) in [6, 6.07) is 8.19. The van der Waals surface area contributed by atoms with Crippen molar-refractivity contribution < 1.29 is 14.7 Å². The maximum Gasteiger partial charge on any atom is 0.217 e. The summed E-state index contributed by atoms with van der Waals surface area (Å²) in [7, 11) is 1.48. The van der Waals surface area contributed by atoms with Crippen LogP contribution in [-0.4, -0.2) is 23.1 Å². The summed E-state index contributed by atoms with van der Waals surface area (Å²) in [6.07, 6.45) is 1.34. The van der Waals surface area contributed by atoms with E-state index in [1.165, 1.54) is 19.4 Å². The summed E-state index contributed by atoms with van der Waals surface area (Å²) in [5, 5.41) is 9.35. The molecule has 0 atom stereocenters. The molecule has 5 nitrogen and oxygen atoms in total. The molecule has 19 heavy (non-hydrogen) atoms. The summed E-state index contributed by atoms with van der Waals surface area (Å²) in [5.41, 5.74) is 2.48. The van der Waals surface area contributed by atoms with E-state index in [0.29, 0.717) is 16.3 Å². The van der Waals surface area contributed by atoms with E-state index in [4.69, 9.17) is 21.5 Å². The average Bonchev–Trinajstić information content (AvgIpc) is 2.46. The van der Waals surface area contributed by atoms with Gasteiger partial charge in [0.15, 0.2) is 0 Å². The van der Waals surface area contributed by atoms with Gasteiger partial charge in [-0.1, -0.05) is 23.7 Å². The zero-order valence-electron chi connectivity index (χ0n) is 10.1. The molecule has 6 heteroatoms. The number of ether oxygens (including phenoxy) is 1. The number of hydrogen-bond donors (Lipinski definition) is 2. The largest absolute Gasteiger partial charge is 0.496 e. The Morgan fingerprint density at radius 2 is 2.16 bits per heavy atom. The normalized spacial score (nSPS) is 10.1. The van der Waals surface area contributed by atoms with Crippen LogP contribution in [0, 0.1) is 0 Å². The fraction of sp³-hybridized carbons (Fsp3) is 0.0769. The number of hydrogen-bond acceptors (Lipinski definition) is 5. The Balaban J connectivity index is 2.50. The van der Waals surface area contributed by atoms with Gasteiger partial charge in [0.1, 0.15) is 11.4 Å². The predicted molar refractivity (Wildman–Crippen MR) is 71.1 cm³/mol. The van der Waals surface area contributed by atoms with Crippen LogP contribution in [0.15, 0.2) is 36.5 Å². The van der Waals surface area contributed by atoms with Crippen LogP contribution in [0.1, 0.15) is 16.1 Å². The minimum Gasteiger partial charge on any atom is -0.496 e. The first kappa shape index (κ1) is 13.3. The first-order chi connectivity index (χ1) is 9.17. The van der Waals surface area contributed by atoms with E-state index >= 15 is 0 Å². The quantitative estimate of drug-likeness (QED) is 0.665. The fourth-order valence-corrected chi connectivity index (χ4v) is 1.82. The Labute approximate surface area is 114 Å². The summed E-state index contributed by atoms with van der Waals surface area (Å²) in [6.45, 7) is 0. The highest BCUT2D eigenvalue weighted by molar-refractivity contribution is 6.31. The lowest BCUT2D eigenvalue weighted by molar-refractivity contribution is 0.103. The number of nitrogens with zero attached hydrogens (tertiary/aromatic N) is 1. The van der Waals surface area contributed by atoms with Crippen molar-refractivity contribution in [1.29, 1.82) is 0 Å². The average molecular weight is 279 g/mol. The van der Waals surface area contributed by atoms with Crippen molar-refractivity contribution in [3.05, 3.63) is 52.8 Å². The highest BCUT2D eigenvalue weighted by atomic mass is 35.5. The smallest absolute Gasteiger partial charge is 0.217 e. The van der Waals surface area contributed by atoms with Crippen molar-refractivity contribution in [3.63, 3.8) is 0 Å².